The number of rotatable bonds is 9. The lowest BCUT2D eigenvalue weighted by Gasteiger charge is -2.45. The van der Waals surface area contributed by atoms with E-state index < -0.39 is 8.80 Å². The molecule has 0 aromatic heterocycles. The van der Waals surface area contributed by atoms with E-state index in [0.717, 1.165) is 12.8 Å². The van der Waals surface area contributed by atoms with Crippen LogP contribution in [0.15, 0.2) is 0 Å². The standard InChI is InChI=1S/C15H34O3Si/c1-10-15(9,11-2)19(16-12(3)4,17-13(5)6)18-14(7)8/h12-14H,10-11H2,1-9H3. The van der Waals surface area contributed by atoms with Crippen LogP contribution >= 0.6 is 0 Å². The normalized spacial score (nSPS) is 13.9. The highest BCUT2D eigenvalue weighted by Gasteiger charge is 2.58. The second-order valence-corrected chi connectivity index (χ2v) is 9.35. The highest BCUT2D eigenvalue weighted by Crippen LogP contribution is 2.47. The second-order valence-electron chi connectivity index (χ2n) is 6.32. The summed E-state index contributed by atoms with van der Waals surface area (Å²) in [4.78, 5) is 0. The summed E-state index contributed by atoms with van der Waals surface area (Å²) in [5.74, 6) is 0. The molecule has 0 saturated carbocycles. The Morgan fingerprint density at radius 1 is 0.737 bits per heavy atom. The van der Waals surface area contributed by atoms with Gasteiger partial charge in [-0.1, -0.05) is 20.8 Å². The van der Waals surface area contributed by atoms with Gasteiger partial charge < -0.3 is 13.3 Å². The van der Waals surface area contributed by atoms with Crippen LogP contribution in [0.4, 0.5) is 0 Å². The highest BCUT2D eigenvalue weighted by molar-refractivity contribution is 6.64. The Bertz CT molecular complexity index is 221. The smallest absolute Gasteiger partial charge is 0.371 e. The molecule has 0 bridgehead atoms. The van der Waals surface area contributed by atoms with Crippen LogP contribution in [-0.2, 0) is 13.3 Å². The molecule has 0 unspecified atom stereocenters. The van der Waals surface area contributed by atoms with Gasteiger partial charge in [-0.2, -0.15) is 0 Å². The maximum absolute atomic E-state index is 6.30. The van der Waals surface area contributed by atoms with Crippen LogP contribution in [-0.4, -0.2) is 27.1 Å². The minimum atomic E-state index is -2.74. The van der Waals surface area contributed by atoms with Crippen LogP contribution in [0, 0.1) is 0 Å². The molecule has 0 rings (SSSR count). The SMILES string of the molecule is CCC(C)(CC)[Si](OC(C)C)(OC(C)C)OC(C)C. The lowest BCUT2D eigenvalue weighted by Crippen LogP contribution is -2.58. The third kappa shape index (κ3) is 5.18. The van der Waals surface area contributed by atoms with Crippen molar-refractivity contribution in [2.45, 2.75) is 98.5 Å². The minimum Gasteiger partial charge on any atom is -0.371 e. The second kappa shape index (κ2) is 7.77. The van der Waals surface area contributed by atoms with E-state index in [1.165, 1.54) is 0 Å². The molecule has 0 amide bonds. The van der Waals surface area contributed by atoms with Gasteiger partial charge in [-0.3, -0.25) is 0 Å². The molecule has 19 heavy (non-hydrogen) atoms. The minimum absolute atomic E-state index is 0.0359. The zero-order valence-corrected chi connectivity index (χ0v) is 15.4. The first-order chi connectivity index (χ1) is 8.62. The molecule has 0 aliphatic carbocycles. The van der Waals surface area contributed by atoms with E-state index in [1.807, 2.05) is 0 Å². The molecule has 0 radical (unpaired) electrons. The zero-order valence-electron chi connectivity index (χ0n) is 14.4. The van der Waals surface area contributed by atoms with Gasteiger partial charge in [-0.05, 0) is 54.4 Å². The van der Waals surface area contributed by atoms with Gasteiger partial charge in [0.25, 0.3) is 0 Å². The largest absolute Gasteiger partial charge is 0.507 e. The molecular formula is C15H34O3Si. The molecular weight excluding hydrogens is 256 g/mol. The predicted octanol–water partition coefficient (Wildman–Crippen LogP) is 4.78. The summed E-state index contributed by atoms with van der Waals surface area (Å²) in [5, 5.41) is -0.0359. The van der Waals surface area contributed by atoms with Crippen molar-refractivity contribution in [2.24, 2.45) is 0 Å². The molecule has 0 fully saturated rings. The summed E-state index contributed by atoms with van der Waals surface area (Å²) in [5.41, 5.74) is 0. The average molecular weight is 291 g/mol. The van der Waals surface area contributed by atoms with E-state index in [1.54, 1.807) is 0 Å². The van der Waals surface area contributed by atoms with Gasteiger partial charge in [0.1, 0.15) is 0 Å². The fraction of sp³-hybridized carbons (Fsp3) is 1.00. The molecule has 0 spiro atoms. The van der Waals surface area contributed by atoms with Crippen LogP contribution in [0.5, 0.6) is 0 Å². The molecule has 0 heterocycles. The Kier molecular flexibility index (Phi) is 7.81. The Morgan fingerprint density at radius 2 is 1.00 bits per heavy atom. The van der Waals surface area contributed by atoms with Gasteiger partial charge in [-0.15, -0.1) is 0 Å². The van der Waals surface area contributed by atoms with Crippen molar-refractivity contribution in [3.63, 3.8) is 0 Å². The van der Waals surface area contributed by atoms with E-state index in [4.69, 9.17) is 13.3 Å². The van der Waals surface area contributed by atoms with Crippen molar-refractivity contribution in [3.8, 4) is 0 Å². The fourth-order valence-electron chi connectivity index (χ4n) is 2.12. The Hall–Kier alpha value is 0.0969. The van der Waals surface area contributed by atoms with E-state index in [-0.39, 0.29) is 23.4 Å². The summed E-state index contributed by atoms with van der Waals surface area (Å²) >= 11 is 0. The average Bonchev–Trinajstić information content (AvgIpc) is 2.24. The molecule has 0 saturated heterocycles. The van der Waals surface area contributed by atoms with Crippen molar-refractivity contribution in [2.75, 3.05) is 0 Å². The topological polar surface area (TPSA) is 27.7 Å². The molecule has 116 valence electrons. The first kappa shape index (κ1) is 19.1. The van der Waals surface area contributed by atoms with Crippen molar-refractivity contribution < 1.29 is 13.3 Å². The third-order valence-corrected chi connectivity index (χ3v) is 8.00. The van der Waals surface area contributed by atoms with Crippen LogP contribution in [0.1, 0.15) is 75.2 Å². The van der Waals surface area contributed by atoms with Gasteiger partial charge in [0.2, 0.25) is 0 Å². The van der Waals surface area contributed by atoms with E-state index >= 15 is 0 Å². The van der Waals surface area contributed by atoms with Crippen LogP contribution in [0.2, 0.25) is 5.04 Å². The lowest BCUT2D eigenvalue weighted by molar-refractivity contribution is -0.0182. The first-order valence-corrected chi connectivity index (χ1v) is 9.38. The molecule has 0 aromatic carbocycles. The maximum Gasteiger partial charge on any atom is 0.507 e. The Balaban J connectivity index is 5.57. The fourth-order valence-corrected chi connectivity index (χ4v) is 5.87. The van der Waals surface area contributed by atoms with E-state index in [9.17, 15) is 0 Å². The summed E-state index contributed by atoms with van der Waals surface area (Å²) in [7, 11) is -2.74. The maximum atomic E-state index is 6.30. The number of hydrogen-bond donors (Lipinski definition) is 0. The van der Waals surface area contributed by atoms with Crippen molar-refractivity contribution >= 4 is 8.80 Å². The van der Waals surface area contributed by atoms with Crippen LogP contribution < -0.4 is 0 Å². The van der Waals surface area contributed by atoms with Crippen molar-refractivity contribution in [1.82, 2.24) is 0 Å². The summed E-state index contributed by atoms with van der Waals surface area (Å²) < 4.78 is 18.9. The summed E-state index contributed by atoms with van der Waals surface area (Å²) in [6, 6.07) is 0. The molecule has 0 aliphatic heterocycles. The zero-order chi connectivity index (χ0) is 15.3. The Morgan fingerprint density at radius 3 is 1.16 bits per heavy atom. The lowest BCUT2D eigenvalue weighted by atomic mass is 10.1. The molecule has 4 heteroatoms. The van der Waals surface area contributed by atoms with Crippen LogP contribution in [0.3, 0.4) is 0 Å². The van der Waals surface area contributed by atoms with Crippen molar-refractivity contribution in [1.29, 1.82) is 0 Å². The molecule has 3 nitrogen and oxygen atoms in total. The quantitative estimate of drug-likeness (QED) is 0.572. The van der Waals surface area contributed by atoms with Crippen molar-refractivity contribution in [3.05, 3.63) is 0 Å². The van der Waals surface area contributed by atoms with Crippen LogP contribution in [0.25, 0.3) is 0 Å². The van der Waals surface area contributed by atoms with E-state index in [0.29, 0.717) is 0 Å². The van der Waals surface area contributed by atoms with Gasteiger partial charge in [0, 0.05) is 23.4 Å². The number of hydrogen-bond acceptors (Lipinski definition) is 3. The van der Waals surface area contributed by atoms with Gasteiger partial charge >= 0.3 is 8.80 Å². The monoisotopic (exact) mass is 290 g/mol. The first-order valence-electron chi connectivity index (χ1n) is 7.65. The molecule has 0 atom stereocenters. The Labute approximate surface area is 121 Å². The molecule has 0 aliphatic rings. The van der Waals surface area contributed by atoms with Gasteiger partial charge in [0.05, 0.1) is 0 Å². The summed E-state index contributed by atoms with van der Waals surface area (Å²) in [6.07, 6.45) is 2.34. The molecule has 0 aromatic rings. The highest BCUT2D eigenvalue weighted by atomic mass is 28.4. The van der Waals surface area contributed by atoms with Gasteiger partial charge in [-0.25, -0.2) is 0 Å². The molecule has 0 N–H and O–H groups in total. The van der Waals surface area contributed by atoms with E-state index in [2.05, 4.69) is 62.3 Å². The van der Waals surface area contributed by atoms with Gasteiger partial charge in [0.15, 0.2) is 0 Å². The predicted molar refractivity (Wildman–Crippen MR) is 83.4 cm³/mol. The third-order valence-electron chi connectivity index (χ3n) is 3.47. The summed E-state index contributed by atoms with van der Waals surface area (Å²) in [6.45, 7) is 19.0.